The van der Waals surface area contributed by atoms with E-state index in [1.807, 2.05) is 0 Å². The molecule has 0 unspecified atom stereocenters. The van der Waals surface area contributed by atoms with E-state index < -0.39 is 65.9 Å². The van der Waals surface area contributed by atoms with Crippen molar-refractivity contribution in [3.05, 3.63) is 46.5 Å². The van der Waals surface area contributed by atoms with E-state index in [0.717, 1.165) is 66.9 Å². The predicted molar refractivity (Wildman–Crippen MR) is 643 cm³/mol. The van der Waals surface area contributed by atoms with Crippen molar-refractivity contribution in [2.75, 3.05) is 43.4 Å². The molecule has 0 radical (unpaired) electrons. The fraction of sp³-hybridized carbons (Fsp3) is 0.691. The van der Waals surface area contributed by atoms with Gasteiger partial charge in [0.15, 0.2) is 23.0 Å². The molecule has 8 aromatic rings. The summed E-state index contributed by atoms with van der Waals surface area (Å²) in [4.78, 5) is 20.3. The lowest BCUT2D eigenvalue weighted by Gasteiger charge is -2.60. The number of nitrogens with zero attached hydrogens (tertiary/aromatic N) is 6. The number of nitriles is 2. The van der Waals surface area contributed by atoms with Crippen LogP contribution in [0, 0.1) is 21.3 Å². The molecule has 28 heteroatoms. The first kappa shape index (κ1) is 111. The molecule has 14 rings (SSSR count). The van der Waals surface area contributed by atoms with Gasteiger partial charge in [-0.2, -0.15) is 10.5 Å². The molecule has 0 amide bonds. The maximum atomic E-state index is 10.4. The maximum Gasteiger partial charge on any atom is 0.187 e. The maximum absolute atomic E-state index is 10.4. The van der Waals surface area contributed by atoms with Crippen LogP contribution >= 0.6 is 114 Å². The Morgan fingerprint density at radius 2 is 0.428 bits per heavy atom. The molecule has 14 heterocycles. The van der Waals surface area contributed by atoms with Gasteiger partial charge in [-0.1, -0.05) is 364 Å². The van der Waals surface area contributed by atoms with Crippen molar-refractivity contribution in [3.63, 3.8) is 0 Å². The number of thiophene rings is 8. The average Bonchev–Trinajstić information content (AvgIpc) is 1.52. The van der Waals surface area contributed by atoms with Crippen molar-refractivity contribution in [3.8, 4) is 102 Å². The fourth-order valence-corrected chi connectivity index (χ4v) is 94.0. The summed E-state index contributed by atoms with van der Waals surface area (Å²) in [5.74, 6) is 3.23. The summed E-state index contributed by atoms with van der Waals surface area (Å²) in [5, 5.41) is 25.8. The number of aryl methyl sites for hydroxylation is 4. The summed E-state index contributed by atoms with van der Waals surface area (Å²) in [7, 11) is -17.6. The second-order valence-corrected chi connectivity index (χ2v) is 95.6. The smallest absolute Gasteiger partial charge is 0.187 e. The third-order valence-electron chi connectivity index (χ3n) is 31.8. The SMILES string of the molecule is CCCCCCCCCCCCc1cc(-c2cc(CCCCCCCCCCCC)c(-c3sc(-c4sc(-c5sc(SC#N)c6c5OCCO6)cc4CCCCCCCCCCCC)c4c3N3[Si](C)(C)CC[Si](C)(C)N4[Si](C)(C)CC[Si]3(C)C)s2)sc1-c1sc(-c2sc(-c3sc(SC#N)c4c3OCCO4)cc2CCCCCCCCCCCC)c2c1N1[Si](C)(C)CC[Si](C)(C)N2[Si](C)(C)CC[Si]1(C)C. The first-order chi connectivity index (χ1) is 66.3. The Morgan fingerprint density at radius 3 is 0.638 bits per heavy atom. The Hall–Kier alpha value is -2.58. The number of thioether (sulfide) groups is 2. The van der Waals surface area contributed by atoms with Gasteiger partial charge in [0.25, 0.3) is 0 Å². The molecule has 0 saturated heterocycles. The molecule has 0 saturated carbocycles. The standard InChI is InChI=1S/C110H176N6O4S10Si8/c1-21-25-29-33-37-41-45-49-53-57-61-83-77-87(123-99(83)105-91-93(115-135(13,14)73-69-131(5,6)113(91)132(7,8)70-74-136(115,15)16)107(127-105)101-85(63-59-55-51-47-43-39-35-31-27-23-3)79-89(125-101)103-95-97(119-67-65-117-95)109(129-103)121-81-111)88-78-84(62-58-54-50-46-42-38-34-30-26-22-2)100(124-88)106-92-94(116-137(17,18)75-71-133(9,10)114(92)134(11,12)72-76-138(116,19)20)108(128-106)102-86(64-60-56-52-48-44-40-36-32-28-24-4)80-90(126-102)104-96-98(120-68-66-118-96)110(130-104)122-82-112/h77-80H,21-76H2,1-20H3. The van der Waals surface area contributed by atoms with Crippen LogP contribution in [-0.2, 0) is 25.7 Å². The summed E-state index contributed by atoms with van der Waals surface area (Å²) in [6.07, 6.45) is 57.4. The molecular formula is C110H176N6O4S10Si8. The highest BCUT2D eigenvalue weighted by Gasteiger charge is 2.58. The van der Waals surface area contributed by atoms with Crippen molar-refractivity contribution < 1.29 is 18.9 Å². The largest absolute Gasteiger partial charge is 0.485 e. The number of hydrogen-bond donors (Lipinski definition) is 0. The molecule has 0 aliphatic carbocycles. The van der Waals surface area contributed by atoms with Gasteiger partial charge in [0.2, 0.25) is 0 Å². The first-order valence-corrected chi connectivity index (χ1v) is 88.7. The molecule has 4 bridgehead atoms. The van der Waals surface area contributed by atoms with Gasteiger partial charge in [0.1, 0.15) is 112 Å². The summed E-state index contributed by atoms with van der Waals surface area (Å²) in [5.41, 5.74) is 12.9. The zero-order valence-corrected chi connectivity index (χ0v) is 105. The molecule has 762 valence electrons. The Labute approximate surface area is 887 Å². The number of unbranched alkanes of at least 4 members (excludes halogenated alkanes) is 36. The molecule has 6 aliphatic rings. The zero-order chi connectivity index (χ0) is 98.2. The van der Waals surface area contributed by atoms with Crippen molar-refractivity contribution in [2.24, 2.45) is 0 Å². The van der Waals surface area contributed by atoms with Crippen molar-refractivity contribution in [1.29, 1.82) is 10.5 Å². The Balaban J connectivity index is 1.01. The van der Waals surface area contributed by atoms with Crippen LogP contribution in [0.1, 0.15) is 307 Å². The van der Waals surface area contributed by atoms with Gasteiger partial charge in [0.05, 0.1) is 71.5 Å². The lowest BCUT2D eigenvalue weighted by atomic mass is 10.0. The molecule has 0 N–H and O–H groups in total. The molecule has 0 aromatic carbocycles. The van der Waals surface area contributed by atoms with Crippen molar-refractivity contribution in [2.45, 2.75) is 472 Å². The fourth-order valence-electron chi connectivity index (χ4n) is 24.6. The molecule has 138 heavy (non-hydrogen) atoms. The predicted octanol–water partition coefficient (Wildman–Crippen LogP) is 41.3. The van der Waals surface area contributed by atoms with E-state index in [-0.39, 0.29) is 0 Å². The van der Waals surface area contributed by atoms with Crippen LogP contribution in [0.2, 0.25) is 153 Å². The normalized spacial score (nSPS) is 18.0. The average molecular weight is 2190 g/mol. The summed E-state index contributed by atoms with van der Waals surface area (Å²) in [6.45, 7) is 56.8. The zero-order valence-electron chi connectivity index (χ0n) is 89.3. The number of rotatable bonds is 53. The molecule has 0 spiro atoms. The number of hydrogen-bond acceptors (Lipinski definition) is 20. The van der Waals surface area contributed by atoms with Gasteiger partial charge in [-0.05, 0) is 146 Å². The quantitative estimate of drug-likeness (QED) is 0.0157. The highest BCUT2D eigenvalue weighted by Crippen LogP contribution is 2.68. The van der Waals surface area contributed by atoms with Gasteiger partial charge < -0.3 is 35.9 Å². The van der Waals surface area contributed by atoms with E-state index in [1.54, 1.807) is 85.8 Å². The number of ether oxygens (including phenoxy) is 4. The van der Waals surface area contributed by atoms with Crippen LogP contribution < -0.4 is 35.9 Å². The molecule has 10 nitrogen and oxygen atoms in total. The number of thiocyanates is 2. The second kappa shape index (κ2) is 50.6. The molecule has 8 aromatic heterocycles. The molecule has 0 atom stereocenters. The van der Waals surface area contributed by atoms with Crippen LogP contribution in [0.25, 0.3) is 68.3 Å². The van der Waals surface area contributed by atoms with Gasteiger partial charge >= 0.3 is 0 Å². The van der Waals surface area contributed by atoms with Crippen LogP contribution in [-0.4, -0.2) is 92.3 Å². The van der Waals surface area contributed by atoms with Crippen LogP contribution in [0.4, 0.5) is 22.7 Å². The Kier molecular flexibility index (Phi) is 40.7. The van der Waals surface area contributed by atoms with Gasteiger partial charge in [-0.25, -0.2) is 0 Å². The first-order valence-electron chi connectivity index (χ1n) is 55.3. The lowest BCUT2D eigenvalue weighted by molar-refractivity contribution is 0.170. The topological polar surface area (TPSA) is 97.5 Å². The van der Waals surface area contributed by atoms with E-state index in [4.69, 9.17) is 18.9 Å². The minimum Gasteiger partial charge on any atom is -0.485 e. The number of fused-ring (bicyclic) bond motifs is 2. The Morgan fingerprint density at radius 1 is 0.239 bits per heavy atom. The van der Waals surface area contributed by atoms with Crippen molar-refractivity contribution in [1.82, 2.24) is 0 Å². The Bertz CT molecular complexity index is 4970. The van der Waals surface area contributed by atoms with E-state index in [2.05, 4.69) is 252 Å². The minimum atomic E-state index is -2.20. The van der Waals surface area contributed by atoms with E-state index in [0.29, 0.717) is 26.4 Å². The highest BCUT2D eigenvalue weighted by atomic mass is 32.2. The van der Waals surface area contributed by atoms with E-state index in [9.17, 15) is 10.5 Å². The summed E-state index contributed by atoms with van der Waals surface area (Å²) < 4.78 is 42.0. The van der Waals surface area contributed by atoms with Crippen LogP contribution in [0.5, 0.6) is 23.0 Å². The highest BCUT2D eigenvalue weighted by molar-refractivity contribution is 8.05. The number of anilines is 4. The van der Waals surface area contributed by atoms with E-state index >= 15 is 0 Å². The van der Waals surface area contributed by atoms with Crippen LogP contribution in [0.3, 0.4) is 0 Å². The molecule has 6 aliphatic heterocycles. The minimum absolute atomic E-state index is 0.501. The third-order valence-corrected chi connectivity index (χ3v) is 83.7. The van der Waals surface area contributed by atoms with Gasteiger partial charge in [-0.15, -0.1) is 90.7 Å². The second-order valence-electron chi connectivity index (χ2n) is 46.9. The molecule has 0 fully saturated rings. The lowest BCUT2D eigenvalue weighted by Crippen LogP contribution is -2.71. The van der Waals surface area contributed by atoms with Gasteiger partial charge in [-0.3, -0.25) is 0 Å². The molecular weight excluding hydrogens is 2010 g/mol. The van der Waals surface area contributed by atoms with E-state index in [1.165, 1.54) is 369 Å². The summed E-state index contributed by atoms with van der Waals surface area (Å²) in [6, 6.07) is 21.7. The third kappa shape index (κ3) is 26.4. The monoisotopic (exact) mass is 2190 g/mol. The van der Waals surface area contributed by atoms with Crippen molar-refractivity contribution >= 4 is 203 Å². The van der Waals surface area contributed by atoms with Gasteiger partial charge in [0, 0.05) is 43.0 Å². The van der Waals surface area contributed by atoms with Crippen LogP contribution in [0.15, 0.2) is 32.7 Å². The summed E-state index contributed by atoms with van der Waals surface area (Å²) >= 11 is 19.1.